The van der Waals surface area contributed by atoms with Gasteiger partial charge in [0.2, 0.25) is 15.9 Å². The Balaban J connectivity index is 1.56. The fourth-order valence-electron chi connectivity index (χ4n) is 4.34. The van der Waals surface area contributed by atoms with Crippen LogP contribution >= 0.6 is 23.2 Å². The number of hydrogen-bond acceptors (Lipinski definition) is 4. The van der Waals surface area contributed by atoms with Crippen LogP contribution < -0.4 is 5.32 Å². The van der Waals surface area contributed by atoms with Gasteiger partial charge in [0, 0.05) is 16.6 Å². The lowest BCUT2D eigenvalue weighted by atomic mass is 9.98. The summed E-state index contributed by atoms with van der Waals surface area (Å²) in [7, 11) is -4.05. The van der Waals surface area contributed by atoms with Crippen molar-refractivity contribution in [1.29, 1.82) is 0 Å². The molecule has 1 fully saturated rings. The number of aliphatic carboxylic acids is 1. The van der Waals surface area contributed by atoms with E-state index in [2.05, 4.69) is 5.32 Å². The lowest BCUT2D eigenvalue weighted by Crippen LogP contribution is -2.47. The standard InChI is InChI=1S/C26H24Cl2N2O5S/c27-20-13-21(28)15-22(14-20)36(34,35)30-12-4-7-24(30)26(33)29-23(16-25(31)32)19-10-8-18(9-11-19)17-5-2-1-3-6-17/h1-3,5-6,8-11,13-15,23-24H,4,7,12,16H2,(H,29,33)(H,31,32)/t23-,24-/m1/s1. The number of benzene rings is 3. The number of rotatable bonds is 8. The molecule has 1 heterocycles. The van der Waals surface area contributed by atoms with Crippen LogP contribution in [-0.2, 0) is 19.6 Å². The summed E-state index contributed by atoms with van der Waals surface area (Å²) in [6.07, 6.45) is 0.451. The van der Waals surface area contributed by atoms with Crippen molar-refractivity contribution in [2.24, 2.45) is 0 Å². The van der Waals surface area contributed by atoms with Crippen molar-refractivity contribution in [3.8, 4) is 11.1 Å². The zero-order valence-corrected chi connectivity index (χ0v) is 21.4. The number of carboxylic acids is 1. The molecule has 3 aromatic rings. The first kappa shape index (κ1) is 26.2. The normalized spacial score (nSPS) is 17.0. The number of nitrogens with zero attached hydrogens (tertiary/aromatic N) is 1. The SMILES string of the molecule is O=C(O)C[C@@H](NC(=O)[C@H]1CCCN1S(=O)(=O)c1cc(Cl)cc(Cl)c1)c1ccc(-c2ccccc2)cc1. The second-order valence-electron chi connectivity index (χ2n) is 8.53. The van der Waals surface area contributed by atoms with Gasteiger partial charge in [0.1, 0.15) is 6.04 Å². The van der Waals surface area contributed by atoms with Gasteiger partial charge in [0.25, 0.3) is 0 Å². The van der Waals surface area contributed by atoms with Gasteiger partial charge in [-0.05, 0) is 47.7 Å². The molecule has 3 aromatic carbocycles. The molecule has 36 heavy (non-hydrogen) atoms. The molecule has 1 aliphatic rings. The van der Waals surface area contributed by atoms with E-state index in [4.69, 9.17) is 23.2 Å². The molecular weight excluding hydrogens is 523 g/mol. The van der Waals surface area contributed by atoms with Crippen LogP contribution in [0, 0.1) is 0 Å². The molecule has 2 atom stereocenters. The number of carbonyl (C=O) groups is 2. The molecule has 2 N–H and O–H groups in total. The average molecular weight is 547 g/mol. The number of hydrogen-bond donors (Lipinski definition) is 2. The van der Waals surface area contributed by atoms with E-state index in [1.807, 2.05) is 42.5 Å². The molecule has 0 saturated carbocycles. The van der Waals surface area contributed by atoms with E-state index in [1.54, 1.807) is 12.1 Å². The van der Waals surface area contributed by atoms with Gasteiger partial charge in [-0.3, -0.25) is 9.59 Å². The Labute approximate surface area is 219 Å². The molecule has 0 bridgehead atoms. The number of carbonyl (C=O) groups excluding carboxylic acids is 1. The molecule has 1 aliphatic heterocycles. The molecule has 0 spiro atoms. The average Bonchev–Trinajstić information content (AvgIpc) is 3.35. The van der Waals surface area contributed by atoms with Crippen LogP contribution in [0.2, 0.25) is 10.0 Å². The lowest BCUT2D eigenvalue weighted by molar-refractivity contribution is -0.137. The molecule has 0 aromatic heterocycles. The number of carboxylic acid groups (broad SMARTS) is 1. The van der Waals surface area contributed by atoms with E-state index in [0.29, 0.717) is 18.4 Å². The summed E-state index contributed by atoms with van der Waals surface area (Å²) in [5, 5.41) is 12.6. The molecule has 0 radical (unpaired) electrons. The smallest absolute Gasteiger partial charge is 0.305 e. The van der Waals surface area contributed by atoms with Crippen molar-refractivity contribution in [3.63, 3.8) is 0 Å². The Morgan fingerprint density at radius 1 is 0.972 bits per heavy atom. The molecule has 0 aliphatic carbocycles. The summed E-state index contributed by atoms with van der Waals surface area (Å²) >= 11 is 12.0. The van der Waals surface area contributed by atoms with Crippen LogP contribution in [0.3, 0.4) is 0 Å². The fraction of sp³-hybridized carbons (Fsp3) is 0.231. The number of nitrogens with one attached hydrogen (secondary N) is 1. The van der Waals surface area contributed by atoms with Crippen molar-refractivity contribution in [2.45, 2.75) is 36.2 Å². The van der Waals surface area contributed by atoms with Crippen LogP contribution in [0.4, 0.5) is 0 Å². The number of sulfonamides is 1. The van der Waals surface area contributed by atoms with Crippen LogP contribution in [0.25, 0.3) is 11.1 Å². The summed E-state index contributed by atoms with van der Waals surface area (Å²) < 4.78 is 27.7. The van der Waals surface area contributed by atoms with Crippen molar-refractivity contribution in [3.05, 3.63) is 88.4 Å². The van der Waals surface area contributed by atoms with E-state index >= 15 is 0 Å². The summed E-state index contributed by atoms with van der Waals surface area (Å²) in [5.74, 6) is -1.64. The summed E-state index contributed by atoms with van der Waals surface area (Å²) in [5.41, 5.74) is 2.57. The summed E-state index contributed by atoms with van der Waals surface area (Å²) in [4.78, 5) is 24.7. The molecule has 10 heteroatoms. The van der Waals surface area contributed by atoms with E-state index in [1.165, 1.54) is 18.2 Å². The predicted octanol–water partition coefficient (Wildman–Crippen LogP) is 5.15. The highest BCUT2D eigenvalue weighted by Crippen LogP contribution is 2.31. The van der Waals surface area contributed by atoms with Gasteiger partial charge in [-0.2, -0.15) is 4.31 Å². The van der Waals surface area contributed by atoms with Crippen LogP contribution in [-0.4, -0.2) is 42.3 Å². The molecular formula is C26H24Cl2N2O5S. The van der Waals surface area contributed by atoms with E-state index < -0.39 is 34.0 Å². The lowest BCUT2D eigenvalue weighted by Gasteiger charge is -2.26. The minimum absolute atomic E-state index is 0.0988. The Kier molecular flexibility index (Phi) is 8.00. The first-order valence-corrected chi connectivity index (χ1v) is 13.5. The maximum absolute atomic E-state index is 13.3. The van der Waals surface area contributed by atoms with Gasteiger partial charge < -0.3 is 10.4 Å². The number of amides is 1. The molecule has 4 rings (SSSR count). The molecule has 0 unspecified atom stereocenters. The maximum Gasteiger partial charge on any atom is 0.305 e. The minimum Gasteiger partial charge on any atom is -0.481 e. The third kappa shape index (κ3) is 5.90. The predicted molar refractivity (Wildman–Crippen MR) is 138 cm³/mol. The van der Waals surface area contributed by atoms with Gasteiger partial charge in [-0.15, -0.1) is 0 Å². The fourth-order valence-corrected chi connectivity index (χ4v) is 6.72. The van der Waals surface area contributed by atoms with Gasteiger partial charge >= 0.3 is 5.97 Å². The highest BCUT2D eigenvalue weighted by atomic mass is 35.5. The van der Waals surface area contributed by atoms with E-state index in [9.17, 15) is 23.1 Å². The Morgan fingerprint density at radius 3 is 2.19 bits per heavy atom. The quantitative estimate of drug-likeness (QED) is 0.406. The molecule has 188 valence electrons. The Bertz CT molecular complexity index is 1340. The van der Waals surface area contributed by atoms with Crippen LogP contribution in [0.1, 0.15) is 30.9 Å². The highest BCUT2D eigenvalue weighted by molar-refractivity contribution is 7.89. The second kappa shape index (κ2) is 11.0. The largest absolute Gasteiger partial charge is 0.481 e. The molecule has 7 nitrogen and oxygen atoms in total. The zero-order valence-electron chi connectivity index (χ0n) is 19.1. The van der Waals surface area contributed by atoms with Gasteiger partial charge in [0.05, 0.1) is 17.4 Å². The Morgan fingerprint density at radius 2 is 1.58 bits per heavy atom. The topological polar surface area (TPSA) is 104 Å². The van der Waals surface area contributed by atoms with Gasteiger partial charge in [-0.1, -0.05) is 77.8 Å². The van der Waals surface area contributed by atoms with Gasteiger partial charge in [-0.25, -0.2) is 8.42 Å². The summed E-state index contributed by atoms with van der Waals surface area (Å²) in [6, 6.07) is 19.2. The first-order chi connectivity index (χ1) is 17.1. The molecule has 1 saturated heterocycles. The third-order valence-corrected chi connectivity index (χ3v) is 8.39. The van der Waals surface area contributed by atoms with E-state index in [-0.39, 0.29) is 27.9 Å². The first-order valence-electron chi connectivity index (χ1n) is 11.3. The van der Waals surface area contributed by atoms with Crippen molar-refractivity contribution in [2.75, 3.05) is 6.54 Å². The minimum atomic E-state index is -4.05. The van der Waals surface area contributed by atoms with Crippen molar-refractivity contribution >= 4 is 45.1 Å². The second-order valence-corrected chi connectivity index (χ2v) is 11.3. The van der Waals surface area contributed by atoms with Gasteiger partial charge in [0.15, 0.2) is 0 Å². The monoisotopic (exact) mass is 546 g/mol. The number of halogens is 2. The van der Waals surface area contributed by atoms with Crippen LogP contribution in [0.5, 0.6) is 0 Å². The maximum atomic E-state index is 13.3. The third-order valence-electron chi connectivity index (χ3n) is 6.06. The van der Waals surface area contributed by atoms with E-state index in [0.717, 1.165) is 15.4 Å². The highest BCUT2D eigenvalue weighted by Gasteiger charge is 2.40. The molecule has 1 amide bonds. The van der Waals surface area contributed by atoms with Crippen molar-refractivity contribution in [1.82, 2.24) is 9.62 Å². The zero-order chi connectivity index (χ0) is 25.9. The Hall–Kier alpha value is -2.91. The van der Waals surface area contributed by atoms with Crippen molar-refractivity contribution < 1.29 is 23.1 Å². The van der Waals surface area contributed by atoms with Crippen LogP contribution in [0.15, 0.2) is 77.7 Å². The summed E-state index contributed by atoms with van der Waals surface area (Å²) in [6.45, 7) is 0.153.